The molecule has 0 fully saturated rings. The smallest absolute Gasteiger partial charge is 0.262 e. The third kappa shape index (κ3) is 3.70. The van der Waals surface area contributed by atoms with E-state index in [0.717, 1.165) is 5.56 Å². The average Bonchev–Trinajstić information content (AvgIpc) is 2.98. The first-order valence-electron chi connectivity index (χ1n) is 5.87. The predicted molar refractivity (Wildman–Crippen MR) is 78.5 cm³/mol. The monoisotopic (exact) mass is 284 g/mol. The molecule has 2 aromatic rings. The lowest BCUT2D eigenvalue weighted by molar-refractivity contribution is 0.0961. The Kier molecular flexibility index (Phi) is 4.53. The minimum Gasteiger partial charge on any atom is -0.366 e. The Morgan fingerprint density at radius 3 is 2.55 bits per heavy atom. The highest BCUT2D eigenvalue weighted by Gasteiger charge is 2.03. The minimum absolute atomic E-state index is 0.127. The Balaban J connectivity index is 1.88. The van der Waals surface area contributed by atoms with Gasteiger partial charge in [-0.25, -0.2) is 0 Å². The molecule has 0 radical (unpaired) electrons. The standard InChI is InChI=1S/C15H12N2O2S/c16-14(18)12-7-5-11(6-8-12)3-1-9-17-15(19)13-4-2-10-20-13/h2,4-8,10H,9H2,(H2,16,18)(H,17,19). The second-order valence-electron chi connectivity index (χ2n) is 3.90. The molecule has 5 heteroatoms. The van der Waals surface area contributed by atoms with Gasteiger partial charge in [0.05, 0.1) is 11.4 Å². The van der Waals surface area contributed by atoms with E-state index in [1.807, 2.05) is 11.4 Å². The molecule has 0 aliphatic heterocycles. The number of nitrogens with two attached hydrogens (primary N) is 1. The van der Waals surface area contributed by atoms with Gasteiger partial charge >= 0.3 is 0 Å². The maximum Gasteiger partial charge on any atom is 0.262 e. The van der Waals surface area contributed by atoms with Gasteiger partial charge in [0.15, 0.2) is 0 Å². The van der Waals surface area contributed by atoms with E-state index in [9.17, 15) is 9.59 Å². The summed E-state index contributed by atoms with van der Waals surface area (Å²) < 4.78 is 0. The van der Waals surface area contributed by atoms with Gasteiger partial charge in [-0.15, -0.1) is 11.3 Å². The zero-order valence-electron chi connectivity index (χ0n) is 10.6. The summed E-state index contributed by atoms with van der Waals surface area (Å²) in [5.41, 5.74) is 6.35. The van der Waals surface area contributed by atoms with Gasteiger partial charge in [0.1, 0.15) is 0 Å². The molecule has 1 heterocycles. The molecule has 2 amide bonds. The maximum atomic E-state index is 11.6. The molecule has 20 heavy (non-hydrogen) atoms. The first kappa shape index (κ1) is 13.8. The van der Waals surface area contributed by atoms with Crippen LogP contribution in [0.2, 0.25) is 0 Å². The molecule has 1 aromatic carbocycles. The van der Waals surface area contributed by atoms with E-state index >= 15 is 0 Å². The highest BCUT2D eigenvalue weighted by atomic mass is 32.1. The number of amides is 2. The zero-order chi connectivity index (χ0) is 14.4. The van der Waals surface area contributed by atoms with Crippen LogP contribution in [-0.2, 0) is 0 Å². The largest absolute Gasteiger partial charge is 0.366 e. The van der Waals surface area contributed by atoms with Crippen molar-refractivity contribution in [2.24, 2.45) is 5.73 Å². The normalized spacial score (nSPS) is 9.40. The van der Waals surface area contributed by atoms with Gasteiger partial charge in [-0.05, 0) is 35.7 Å². The van der Waals surface area contributed by atoms with Crippen LogP contribution in [0.1, 0.15) is 25.6 Å². The van der Waals surface area contributed by atoms with Crippen LogP contribution in [-0.4, -0.2) is 18.4 Å². The number of hydrogen-bond acceptors (Lipinski definition) is 3. The van der Waals surface area contributed by atoms with E-state index in [-0.39, 0.29) is 12.5 Å². The third-order valence-corrected chi connectivity index (χ3v) is 3.35. The summed E-state index contributed by atoms with van der Waals surface area (Å²) in [7, 11) is 0. The van der Waals surface area contributed by atoms with Crippen LogP contribution in [0.3, 0.4) is 0 Å². The van der Waals surface area contributed by atoms with E-state index in [2.05, 4.69) is 17.2 Å². The number of benzene rings is 1. The minimum atomic E-state index is -0.465. The van der Waals surface area contributed by atoms with Crippen molar-refractivity contribution in [3.05, 3.63) is 57.8 Å². The SMILES string of the molecule is NC(=O)c1ccc(C#CCNC(=O)c2cccs2)cc1. The van der Waals surface area contributed by atoms with Crippen LogP contribution in [0.5, 0.6) is 0 Å². The first-order chi connectivity index (χ1) is 9.66. The highest BCUT2D eigenvalue weighted by Crippen LogP contribution is 2.07. The lowest BCUT2D eigenvalue weighted by Gasteiger charge is -1.97. The lowest BCUT2D eigenvalue weighted by atomic mass is 10.1. The molecule has 0 aliphatic carbocycles. The van der Waals surface area contributed by atoms with E-state index in [0.29, 0.717) is 10.4 Å². The molecule has 0 unspecified atom stereocenters. The summed E-state index contributed by atoms with van der Waals surface area (Å²) in [6.07, 6.45) is 0. The van der Waals surface area contributed by atoms with Crippen LogP contribution in [0.25, 0.3) is 0 Å². The first-order valence-corrected chi connectivity index (χ1v) is 6.75. The van der Waals surface area contributed by atoms with Crippen molar-refractivity contribution >= 4 is 23.2 Å². The molecule has 1 aromatic heterocycles. The molecule has 0 spiro atoms. The molecule has 0 saturated carbocycles. The molecule has 4 nitrogen and oxygen atoms in total. The highest BCUT2D eigenvalue weighted by molar-refractivity contribution is 7.12. The summed E-state index contributed by atoms with van der Waals surface area (Å²) in [5.74, 6) is 5.16. The summed E-state index contributed by atoms with van der Waals surface area (Å²) in [6, 6.07) is 10.3. The number of carbonyl (C=O) groups is 2. The molecular formula is C15H12N2O2S. The van der Waals surface area contributed by atoms with Crippen LogP contribution >= 0.6 is 11.3 Å². The fourth-order valence-corrected chi connectivity index (χ4v) is 2.12. The van der Waals surface area contributed by atoms with Gasteiger partial charge in [0.2, 0.25) is 5.91 Å². The molecule has 2 rings (SSSR count). The third-order valence-electron chi connectivity index (χ3n) is 2.48. The fraction of sp³-hybridized carbons (Fsp3) is 0.0667. The number of rotatable bonds is 3. The maximum absolute atomic E-state index is 11.6. The van der Waals surface area contributed by atoms with E-state index in [1.165, 1.54) is 11.3 Å². The molecule has 0 aliphatic rings. The van der Waals surface area contributed by atoms with E-state index < -0.39 is 5.91 Å². The Morgan fingerprint density at radius 1 is 1.20 bits per heavy atom. The summed E-state index contributed by atoms with van der Waals surface area (Å²) in [4.78, 5) is 23.2. The van der Waals surface area contributed by atoms with Crippen LogP contribution in [0.15, 0.2) is 41.8 Å². The van der Waals surface area contributed by atoms with Crippen LogP contribution in [0.4, 0.5) is 0 Å². The van der Waals surface area contributed by atoms with Gasteiger partial charge < -0.3 is 11.1 Å². The van der Waals surface area contributed by atoms with Crippen molar-refractivity contribution < 1.29 is 9.59 Å². The Labute approximate surface area is 120 Å². The molecule has 0 saturated heterocycles. The Hall–Kier alpha value is -2.58. The van der Waals surface area contributed by atoms with Gasteiger partial charge in [0.25, 0.3) is 5.91 Å². The van der Waals surface area contributed by atoms with Crippen LogP contribution in [0, 0.1) is 11.8 Å². The Morgan fingerprint density at radius 2 is 1.95 bits per heavy atom. The van der Waals surface area contributed by atoms with Crippen molar-refractivity contribution in [3.8, 4) is 11.8 Å². The predicted octanol–water partition coefficient (Wildman–Crippen LogP) is 1.63. The number of carbonyl (C=O) groups excluding carboxylic acids is 2. The van der Waals surface area contributed by atoms with Crippen molar-refractivity contribution in [1.29, 1.82) is 0 Å². The lowest BCUT2D eigenvalue weighted by Crippen LogP contribution is -2.22. The second-order valence-corrected chi connectivity index (χ2v) is 4.85. The van der Waals surface area contributed by atoms with E-state index in [4.69, 9.17) is 5.73 Å². The molecular weight excluding hydrogens is 272 g/mol. The van der Waals surface area contributed by atoms with Gasteiger partial charge in [0, 0.05) is 11.1 Å². The number of primary amides is 1. The van der Waals surface area contributed by atoms with Crippen molar-refractivity contribution in [1.82, 2.24) is 5.32 Å². The number of thiophene rings is 1. The summed E-state index contributed by atoms with van der Waals surface area (Å²) >= 11 is 1.39. The van der Waals surface area contributed by atoms with Gasteiger partial charge in [-0.2, -0.15) is 0 Å². The Bertz CT molecular complexity index is 664. The molecule has 3 N–H and O–H groups in total. The molecule has 100 valence electrons. The number of hydrogen-bond donors (Lipinski definition) is 2. The van der Waals surface area contributed by atoms with Gasteiger partial charge in [-0.3, -0.25) is 9.59 Å². The average molecular weight is 284 g/mol. The van der Waals surface area contributed by atoms with E-state index in [1.54, 1.807) is 30.3 Å². The van der Waals surface area contributed by atoms with Crippen molar-refractivity contribution in [3.63, 3.8) is 0 Å². The summed E-state index contributed by atoms with van der Waals surface area (Å²) in [6.45, 7) is 0.272. The van der Waals surface area contributed by atoms with Gasteiger partial charge in [-0.1, -0.05) is 17.9 Å². The quantitative estimate of drug-likeness (QED) is 0.841. The second kappa shape index (κ2) is 6.55. The number of nitrogens with one attached hydrogen (secondary N) is 1. The van der Waals surface area contributed by atoms with Crippen molar-refractivity contribution in [2.45, 2.75) is 0 Å². The molecule has 0 atom stereocenters. The van der Waals surface area contributed by atoms with Crippen LogP contribution < -0.4 is 11.1 Å². The summed E-state index contributed by atoms with van der Waals surface area (Å²) in [5, 5.41) is 4.56. The fourth-order valence-electron chi connectivity index (χ4n) is 1.48. The molecule has 0 bridgehead atoms. The zero-order valence-corrected chi connectivity index (χ0v) is 11.4. The van der Waals surface area contributed by atoms with Crippen molar-refractivity contribution in [2.75, 3.05) is 6.54 Å². The topological polar surface area (TPSA) is 72.2 Å².